The maximum absolute atomic E-state index is 12.1. The van der Waals surface area contributed by atoms with Crippen molar-refractivity contribution in [3.8, 4) is 0 Å². The normalized spacial score (nSPS) is 11.7. The standard InChI is InChI=1S/C12H14BrN3O2S/c1-9-3-4-11(5-12(9)13)19(17,18)15-7-10-6-14-16(2)8-10/h3-6,8,15H,7H2,1-2H3. The highest BCUT2D eigenvalue weighted by molar-refractivity contribution is 9.10. The molecular formula is C12H14BrN3O2S. The van der Waals surface area contributed by atoms with Gasteiger partial charge in [-0.05, 0) is 24.6 Å². The van der Waals surface area contributed by atoms with Gasteiger partial charge in [0.1, 0.15) is 0 Å². The van der Waals surface area contributed by atoms with E-state index in [0.717, 1.165) is 15.6 Å². The van der Waals surface area contributed by atoms with Crippen molar-refractivity contribution in [1.29, 1.82) is 0 Å². The topological polar surface area (TPSA) is 64.0 Å². The van der Waals surface area contributed by atoms with Crippen LogP contribution in [0.4, 0.5) is 0 Å². The number of rotatable bonds is 4. The maximum atomic E-state index is 12.1. The fourth-order valence-corrected chi connectivity index (χ4v) is 3.14. The van der Waals surface area contributed by atoms with Crippen LogP contribution in [0.1, 0.15) is 11.1 Å². The molecule has 0 radical (unpaired) electrons. The maximum Gasteiger partial charge on any atom is 0.240 e. The van der Waals surface area contributed by atoms with Crippen molar-refractivity contribution in [1.82, 2.24) is 14.5 Å². The molecule has 0 aliphatic carbocycles. The van der Waals surface area contributed by atoms with Crippen LogP contribution in [-0.4, -0.2) is 18.2 Å². The van der Waals surface area contributed by atoms with Gasteiger partial charge in [-0.1, -0.05) is 22.0 Å². The van der Waals surface area contributed by atoms with Gasteiger partial charge in [0.25, 0.3) is 0 Å². The lowest BCUT2D eigenvalue weighted by molar-refractivity contribution is 0.581. The molecule has 0 amide bonds. The van der Waals surface area contributed by atoms with Crippen LogP contribution in [0.2, 0.25) is 0 Å². The molecule has 0 aliphatic rings. The second-order valence-corrected chi connectivity index (χ2v) is 6.88. The molecule has 2 aromatic rings. The van der Waals surface area contributed by atoms with Crippen LogP contribution in [0.3, 0.4) is 0 Å². The lowest BCUT2D eigenvalue weighted by Gasteiger charge is -2.07. The number of hydrogen-bond donors (Lipinski definition) is 1. The molecule has 7 heteroatoms. The summed E-state index contributed by atoms with van der Waals surface area (Å²) in [4.78, 5) is 0.244. The molecule has 0 spiro atoms. The molecule has 1 aromatic heterocycles. The van der Waals surface area contributed by atoms with Crippen LogP contribution in [0.15, 0.2) is 40.0 Å². The zero-order valence-corrected chi connectivity index (χ0v) is 13.0. The van der Waals surface area contributed by atoms with E-state index in [-0.39, 0.29) is 11.4 Å². The van der Waals surface area contributed by atoms with Crippen LogP contribution < -0.4 is 4.72 Å². The molecule has 0 unspecified atom stereocenters. The highest BCUT2D eigenvalue weighted by atomic mass is 79.9. The zero-order valence-electron chi connectivity index (χ0n) is 10.6. The Hall–Kier alpha value is -1.18. The minimum absolute atomic E-state index is 0.224. The summed E-state index contributed by atoms with van der Waals surface area (Å²) >= 11 is 3.33. The van der Waals surface area contributed by atoms with Crippen molar-refractivity contribution in [3.05, 3.63) is 46.2 Å². The van der Waals surface area contributed by atoms with Gasteiger partial charge >= 0.3 is 0 Å². The Morgan fingerprint density at radius 1 is 1.42 bits per heavy atom. The van der Waals surface area contributed by atoms with Gasteiger partial charge in [-0.25, -0.2) is 13.1 Å². The van der Waals surface area contributed by atoms with E-state index in [1.165, 1.54) is 0 Å². The molecule has 0 aliphatic heterocycles. The van der Waals surface area contributed by atoms with Crippen LogP contribution in [0.25, 0.3) is 0 Å². The molecule has 19 heavy (non-hydrogen) atoms. The average molecular weight is 344 g/mol. The van der Waals surface area contributed by atoms with Gasteiger partial charge in [0, 0.05) is 29.8 Å². The van der Waals surface area contributed by atoms with Crippen molar-refractivity contribution >= 4 is 26.0 Å². The van der Waals surface area contributed by atoms with E-state index in [2.05, 4.69) is 25.8 Å². The smallest absolute Gasteiger partial charge is 0.240 e. The van der Waals surface area contributed by atoms with Crippen molar-refractivity contribution in [3.63, 3.8) is 0 Å². The molecule has 1 N–H and O–H groups in total. The Bertz CT molecular complexity index is 695. The first-order valence-electron chi connectivity index (χ1n) is 5.62. The number of nitrogens with zero attached hydrogens (tertiary/aromatic N) is 2. The van der Waals surface area contributed by atoms with Gasteiger partial charge in [-0.15, -0.1) is 0 Å². The first kappa shape index (κ1) is 14.2. The molecule has 0 saturated carbocycles. The number of benzene rings is 1. The molecule has 5 nitrogen and oxygen atoms in total. The molecule has 2 rings (SSSR count). The third kappa shape index (κ3) is 3.43. The van der Waals surface area contributed by atoms with Crippen LogP contribution >= 0.6 is 15.9 Å². The van der Waals surface area contributed by atoms with E-state index >= 15 is 0 Å². The summed E-state index contributed by atoms with van der Waals surface area (Å²) in [5, 5.41) is 3.99. The predicted octanol–water partition coefficient (Wildman–Crippen LogP) is 1.97. The number of nitrogens with one attached hydrogen (secondary N) is 1. The Kier molecular flexibility index (Phi) is 4.07. The van der Waals surface area contributed by atoms with Gasteiger partial charge in [-0.3, -0.25) is 4.68 Å². The SMILES string of the molecule is Cc1ccc(S(=O)(=O)NCc2cnn(C)c2)cc1Br. The van der Waals surface area contributed by atoms with Crippen molar-refractivity contribution in [2.45, 2.75) is 18.4 Å². The lowest BCUT2D eigenvalue weighted by atomic mass is 10.2. The van der Waals surface area contributed by atoms with E-state index in [0.29, 0.717) is 0 Å². The van der Waals surface area contributed by atoms with E-state index in [1.807, 2.05) is 6.92 Å². The summed E-state index contributed by atoms with van der Waals surface area (Å²) in [5.74, 6) is 0. The first-order valence-corrected chi connectivity index (χ1v) is 7.89. The second kappa shape index (κ2) is 5.44. The molecule has 0 saturated heterocycles. The summed E-state index contributed by atoms with van der Waals surface area (Å²) in [6.07, 6.45) is 3.40. The van der Waals surface area contributed by atoms with Crippen LogP contribution in [-0.2, 0) is 23.6 Å². The largest absolute Gasteiger partial charge is 0.275 e. The fourth-order valence-electron chi connectivity index (χ4n) is 1.57. The van der Waals surface area contributed by atoms with E-state index in [4.69, 9.17) is 0 Å². The Morgan fingerprint density at radius 2 is 2.16 bits per heavy atom. The van der Waals surface area contributed by atoms with Gasteiger partial charge in [0.15, 0.2) is 0 Å². The molecule has 0 bridgehead atoms. The minimum atomic E-state index is -3.51. The summed E-state index contributed by atoms with van der Waals surface area (Å²) in [6, 6.07) is 4.95. The molecular weight excluding hydrogens is 330 g/mol. The van der Waals surface area contributed by atoms with Crippen molar-refractivity contribution in [2.75, 3.05) is 0 Å². The summed E-state index contributed by atoms with van der Waals surface area (Å²) in [5.41, 5.74) is 1.81. The Labute approximate surface area is 120 Å². The van der Waals surface area contributed by atoms with Crippen LogP contribution in [0, 0.1) is 6.92 Å². The number of aromatic nitrogens is 2. The molecule has 1 heterocycles. The number of hydrogen-bond acceptors (Lipinski definition) is 3. The highest BCUT2D eigenvalue weighted by Crippen LogP contribution is 2.20. The number of sulfonamides is 1. The van der Waals surface area contributed by atoms with E-state index in [9.17, 15) is 8.42 Å². The van der Waals surface area contributed by atoms with Crippen molar-refractivity contribution in [2.24, 2.45) is 7.05 Å². The second-order valence-electron chi connectivity index (χ2n) is 4.26. The zero-order chi connectivity index (χ0) is 14.0. The van der Waals surface area contributed by atoms with E-state index in [1.54, 1.807) is 42.3 Å². The molecule has 1 aromatic carbocycles. The summed E-state index contributed by atoms with van der Waals surface area (Å²) in [7, 11) is -1.72. The van der Waals surface area contributed by atoms with Gasteiger partial charge in [0.2, 0.25) is 10.0 Å². The van der Waals surface area contributed by atoms with E-state index < -0.39 is 10.0 Å². The minimum Gasteiger partial charge on any atom is -0.275 e. The molecule has 0 atom stereocenters. The monoisotopic (exact) mass is 343 g/mol. The third-order valence-corrected chi connectivity index (χ3v) is 4.93. The Morgan fingerprint density at radius 3 is 2.74 bits per heavy atom. The third-order valence-electron chi connectivity index (χ3n) is 2.68. The van der Waals surface area contributed by atoms with Crippen LogP contribution in [0.5, 0.6) is 0 Å². The first-order chi connectivity index (χ1) is 8.88. The van der Waals surface area contributed by atoms with Gasteiger partial charge in [0.05, 0.1) is 11.1 Å². The summed E-state index contributed by atoms with van der Waals surface area (Å²) < 4.78 is 29.2. The highest BCUT2D eigenvalue weighted by Gasteiger charge is 2.14. The number of halogens is 1. The Balaban J connectivity index is 2.16. The van der Waals surface area contributed by atoms with Crippen molar-refractivity contribution < 1.29 is 8.42 Å². The van der Waals surface area contributed by atoms with Gasteiger partial charge in [-0.2, -0.15) is 5.10 Å². The predicted molar refractivity (Wildman–Crippen MR) is 76.1 cm³/mol. The summed E-state index contributed by atoms with van der Waals surface area (Å²) in [6.45, 7) is 2.13. The number of aryl methyl sites for hydroxylation is 2. The van der Waals surface area contributed by atoms with Gasteiger partial charge < -0.3 is 0 Å². The fraction of sp³-hybridized carbons (Fsp3) is 0.250. The molecule has 102 valence electrons. The lowest BCUT2D eigenvalue weighted by Crippen LogP contribution is -2.23. The quantitative estimate of drug-likeness (QED) is 0.922. The molecule has 0 fully saturated rings. The average Bonchev–Trinajstić information content (AvgIpc) is 2.76.